The van der Waals surface area contributed by atoms with Gasteiger partial charge in [-0.25, -0.2) is 0 Å². The fourth-order valence-electron chi connectivity index (χ4n) is 3.26. The van der Waals surface area contributed by atoms with Crippen molar-refractivity contribution in [2.75, 3.05) is 0 Å². The van der Waals surface area contributed by atoms with Crippen LogP contribution < -0.4 is 21.5 Å². The number of nitrogens with zero attached hydrogens (tertiary/aromatic N) is 1. The topological polar surface area (TPSA) is 3.88 Å². The van der Waals surface area contributed by atoms with Crippen molar-refractivity contribution in [3.63, 3.8) is 0 Å². The van der Waals surface area contributed by atoms with Crippen LogP contribution in [0.5, 0.6) is 0 Å². The van der Waals surface area contributed by atoms with Crippen LogP contribution in [0.25, 0.3) is 11.1 Å². The molecule has 0 saturated heterocycles. The van der Waals surface area contributed by atoms with E-state index in [0.717, 1.165) is 0 Å². The summed E-state index contributed by atoms with van der Waals surface area (Å²) in [6.45, 7) is 2.17. The maximum atomic E-state index is 2.37. The Kier molecular flexibility index (Phi) is 3.64. The Labute approximate surface area is 135 Å². The van der Waals surface area contributed by atoms with Crippen LogP contribution in [0.4, 0.5) is 0 Å². The number of aryl methyl sites for hydroxylation is 1. The second-order valence-corrected chi connectivity index (χ2v) is 5.33. The van der Waals surface area contributed by atoms with E-state index in [9.17, 15) is 0 Å². The molecule has 1 heterocycles. The molecule has 4 rings (SSSR count). The van der Waals surface area contributed by atoms with E-state index in [1.807, 2.05) is 0 Å². The maximum absolute atomic E-state index is 2.37. The van der Waals surface area contributed by atoms with Crippen molar-refractivity contribution in [1.82, 2.24) is 0 Å². The van der Waals surface area contributed by atoms with Crippen LogP contribution in [0.2, 0.25) is 0 Å². The Morgan fingerprint density at radius 3 is 1.81 bits per heavy atom. The van der Waals surface area contributed by atoms with Crippen LogP contribution in [0, 0.1) is 6.92 Å². The zero-order valence-electron chi connectivity index (χ0n) is 11.8. The molecule has 0 aliphatic heterocycles. The molecular weight excluding hydrogens is 322 g/mol. The third-order valence-corrected chi connectivity index (χ3v) is 4.18. The van der Waals surface area contributed by atoms with Crippen molar-refractivity contribution in [3.05, 3.63) is 89.7 Å². The Bertz CT molecular complexity index is 749. The van der Waals surface area contributed by atoms with Crippen molar-refractivity contribution >= 4 is 0 Å². The van der Waals surface area contributed by atoms with Gasteiger partial charge in [0.2, 0.25) is 6.04 Å². The molecular formula is C19H16BrN. The monoisotopic (exact) mass is 337 g/mol. The SMILES string of the molecule is Cc1cccc[n+]1C1c2ccccc2-c2ccccc21.[Br-]. The van der Waals surface area contributed by atoms with Gasteiger partial charge in [-0.2, -0.15) is 4.57 Å². The predicted molar refractivity (Wildman–Crippen MR) is 80.5 cm³/mol. The van der Waals surface area contributed by atoms with Crippen LogP contribution in [0.1, 0.15) is 22.9 Å². The highest BCUT2D eigenvalue weighted by Crippen LogP contribution is 2.42. The van der Waals surface area contributed by atoms with Gasteiger partial charge in [-0.1, -0.05) is 54.6 Å². The van der Waals surface area contributed by atoms with E-state index in [0.29, 0.717) is 6.04 Å². The molecule has 0 N–H and O–H groups in total. The quantitative estimate of drug-likeness (QED) is 0.454. The molecule has 1 aliphatic carbocycles. The van der Waals surface area contributed by atoms with Gasteiger partial charge in [0.1, 0.15) is 0 Å². The molecule has 2 heteroatoms. The Hall–Kier alpha value is -1.93. The van der Waals surface area contributed by atoms with Crippen LogP contribution in [0.3, 0.4) is 0 Å². The van der Waals surface area contributed by atoms with E-state index in [-0.39, 0.29) is 17.0 Å². The number of halogens is 1. The van der Waals surface area contributed by atoms with Crippen molar-refractivity contribution in [1.29, 1.82) is 0 Å². The lowest BCUT2D eigenvalue weighted by Crippen LogP contribution is -3.00. The minimum Gasteiger partial charge on any atom is -1.00 e. The van der Waals surface area contributed by atoms with E-state index in [1.54, 1.807) is 0 Å². The molecule has 0 radical (unpaired) electrons. The van der Waals surface area contributed by atoms with Gasteiger partial charge in [-0.05, 0) is 11.1 Å². The number of aromatic nitrogens is 1. The fraction of sp³-hybridized carbons (Fsp3) is 0.105. The van der Waals surface area contributed by atoms with Gasteiger partial charge in [0.25, 0.3) is 0 Å². The standard InChI is InChI=1S/C19H16N.BrH/c1-14-8-6-7-13-20(14)19-17-11-4-2-9-15(17)16-10-3-5-12-18(16)19;/h2-13,19H,1H3;1H/q+1;/p-1. The largest absolute Gasteiger partial charge is 1.00 e. The summed E-state index contributed by atoms with van der Waals surface area (Å²) in [6.07, 6.45) is 2.18. The molecule has 1 aliphatic rings. The highest BCUT2D eigenvalue weighted by Gasteiger charge is 2.35. The van der Waals surface area contributed by atoms with Crippen LogP contribution >= 0.6 is 0 Å². The molecule has 21 heavy (non-hydrogen) atoms. The number of hydrogen-bond donors (Lipinski definition) is 0. The molecule has 0 bridgehead atoms. The smallest absolute Gasteiger partial charge is 0.210 e. The Morgan fingerprint density at radius 1 is 0.714 bits per heavy atom. The van der Waals surface area contributed by atoms with E-state index in [1.165, 1.54) is 27.9 Å². The molecule has 0 unspecified atom stereocenters. The fourth-order valence-corrected chi connectivity index (χ4v) is 3.26. The van der Waals surface area contributed by atoms with Crippen molar-refractivity contribution in [2.45, 2.75) is 13.0 Å². The minimum atomic E-state index is 0. The lowest BCUT2D eigenvalue weighted by atomic mass is 10.0. The highest BCUT2D eigenvalue weighted by molar-refractivity contribution is 5.77. The highest BCUT2D eigenvalue weighted by atomic mass is 79.9. The number of hydrogen-bond acceptors (Lipinski definition) is 0. The molecule has 3 aromatic rings. The second-order valence-electron chi connectivity index (χ2n) is 5.33. The Balaban J connectivity index is 0.00000132. The molecule has 0 amide bonds. The van der Waals surface area contributed by atoms with Crippen molar-refractivity contribution in [2.24, 2.45) is 0 Å². The second kappa shape index (κ2) is 5.45. The van der Waals surface area contributed by atoms with E-state index in [4.69, 9.17) is 0 Å². The molecule has 1 nitrogen and oxygen atoms in total. The normalized spacial score (nSPS) is 12.4. The first-order valence-electron chi connectivity index (χ1n) is 7.01. The summed E-state index contributed by atoms with van der Waals surface area (Å²) in [5.41, 5.74) is 6.80. The van der Waals surface area contributed by atoms with Gasteiger partial charge in [0, 0.05) is 30.2 Å². The van der Waals surface area contributed by atoms with Gasteiger partial charge in [-0.15, -0.1) is 0 Å². The van der Waals surface area contributed by atoms with Gasteiger partial charge in [-0.3, -0.25) is 0 Å². The van der Waals surface area contributed by atoms with E-state index in [2.05, 4.69) is 84.4 Å². The number of fused-ring (bicyclic) bond motifs is 3. The third-order valence-electron chi connectivity index (χ3n) is 4.18. The lowest BCUT2D eigenvalue weighted by Gasteiger charge is -2.10. The molecule has 0 spiro atoms. The molecule has 104 valence electrons. The van der Waals surface area contributed by atoms with Gasteiger partial charge < -0.3 is 17.0 Å². The van der Waals surface area contributed by atoms with Crippen molar-refractivity contribution in [3.8, 4) is 11.1 Å². The summed E-state index contributed by atoms with van der Waals surface area (Å²) in [5.74, 6) is 0. The molecule has 2 aromatic carbocycles. The zero-order chi connectivity index (χ0) is 13.5. The summed E-state index contributed by atoms with van der Waals surface area (Å²) in [7, 11) is 0. The van der Waals surface area contributed by atoms with Crippen LogP contribution in [0.15, 0.2) is 72.9 Å². The molecule has 0 atom stereocenters. The number of pyridine rings is 1. The van der Waals surface area contributed by atoms with Gasteiger partial charge in [0.05, 0.1) is 0 Å². The summed E-state index contributed by atoms with van der Waals surface area (Å²) < 4.78 is 2.37. The summed E-state index contributed by atoms with van der Waals surface area (Å²) >= 11 is 0. The number of benzene rings is 2. The average molecular weight is 338 g/mol. The molecule has 0 saturated carbocycles. The van der Waals surface area contributed by atoms with E-state index < -0.39 is 0 Å². The van der Waals surface area contributed by atoms with Crippen molar-refractivity contribution < 1.29 is 21.5 Å². The number of rotatable bonds is 1. The molecule has 1 aromatic heterocycles. The summed E-state index contributed by atoms with van der Waals surface area (Å²) in [4.78, 5) is 0. The minimum absolute atomic E-state index is 0. The lowest BCUT2D eigenvalue weighted by molar-refractivity contribution is -0.709. The zero-order valence-corrected chi connectivity index (χ0v) is 13.4. The Morgan fingerprint density at radius 2 is 1.24 bits per heavy atom. The van der Waals surface area contributed by atoms with Crippen LogP contribution in [-0.4, -0.2) is 0 Å². The first-order valence-corrected chi connectivity index (χ1v) is 7.01. The van der Waals surface area contributed by atoms with Gasteiger partial charge >= 0.3 is 0 Å². The van der Waals surface area contributed by atoms with Gasteiger partial charge in [0.15, 0.2) is 11.9 Å². The first-order chi connectivity index (χ1) is 9.86. The summed E-state index contributed by atoms with van der Waals surface area (Å²) in [5, 5.41) is 0. The summed E-state index contributed by atoms with van der Waals surface area (Å²) in [6, 6.07) is 24.1. The average Bonchev–Trinajstić information content (AvgIpc) is 2.83. The first kappa shape index (κ1) is 14.0. The van der Waals surface area contributed by atoms with Crippen LogP contribution in [-0.2, 0) is 0 Å². The molecule has 0 fully saturated rings. The van der Waals surface area contributed by atoms with E-state index >= 15 is 0 Å². The predicted octanol–water partition coefficient (Wildman–Crippen LogP) is 0.905. The third kappa shape index (κ3) is 2.11. The maximum Gasteiger partial charge on any atom is 0.210 e.